The molecule has 0 aliphatic rings. The smallest absolute Gasteiger partial charge is 0.180 e. The largest absolute Gasteiger partial charge is 0.375 e. The van der Waals surface area contributed by atoms with Crippen LogP contribution < -0.4 is 5.73 Å². The first-order valence-corrected chi connectivity index (χ1v) is 7.72. The number of nitrogen functional groups attached to an aromatic ring is 1. The molecule has 2 heterocycles. The van der Waals surface area contributed by atoms with E-state index in [0.29, 0.717) is 17.6 Å². The van der Waals surface area contributed by atoms with Crippen LogP contribution in [0.4, 0.5) is 5.13 Å². The molecule has 0 saturated carbocycles. The molecule has 2 aromatic heterocycles. The van der Waals surface area contributed by atoms with Gasteiger partial charge in [0.2, 0.25) is 0 Å². The highest BCUT2D eigenvalue weighted by molar-refractivity contribution is 7.13. The minimum Gasteiger partial charge on any atom is -0.375 e. The number of anilines is 1. The first-order valence-electron chi connectivity index (χ1n) is 6.84. The number of benzene rings is 1. The lowest BCUT2D eigenvalue weighted by molar-refractivity contribution is 0.640. The molecule has 2 N–H and O–H groups in total. The van der Waals surface area contributed by atoms with Gasteiger partial charge in [-0.2, -0.15) is 0 Å². The van der Waals surface area contributed by atoms with E-state index in [1.54, 1.807) is 0 Å². The number of aromatic nitrogens is 4. The molecule has 0 aliphatic heterocycles. The van der Waals surface area contributed by atoms with Crippen LogP contribution in [0.15, 0.2) is 41.9 Å². The van der Waals surface area contributed by atoms with Gasteiger partial charge in [-0.05, 0) is 17.9 Å². The summed E-state index contributed by atoms with van der Waals surface area (Å²) < 4.78 is 1.81. The Morgan fingerprint density at radius 2 is 2.05 bits per heavy atom. The zero-order chi connectivity index (χ0) is 14.7. The molecule has 21 heavy (non-hydrogen) atoms. The molecule has 6 heteroatoms. The maximum absolute atomic E-state index is 5.63. The van der Waals surface area contributed by atoms with E-state index in [2.05, 4.69) is 46.5 Å². The average molecular weight is 299 g/mol. The number of nitrogens with zero attached hydrogens (tertiary/aromatic N) is 4. The van der Waals surface area contributed by atoms with Crippen molar-refractivity contribution in [2.24, 2.45) is 0 Å². The molecular weight excluding hydrogens is 282 g/mol. The van der Waals surface area contributed by atoms with E-state index in [1.165, 1.54) is 16.9 Å². The summed E-state index contributed by atoms with van der Waals surface area (Å²) in [6, 6.07) is 10.5. The molecule has 108 valence electrons. The summed E-state index contributed by atoms with van der Waals surface area (Å²) >= 11 is 1.44. The van der Waals surface area contributed by atoms with Crippen LogP contribution in [0, 0.1) is 0 Å². The fourth-order valence-corrected chi connectivity index (χ4v) is 2.84. The zero-order valence-corrected chi connectivity index (χ0v) is 12.6. The van der Waals surface area contributed by atoms with Crippen molar-refractivity contribution in [3.63, 3.8) is 0 Å². The van der Waals surface area contributed by atoms with Crippen LogP contribution in [-0.4, -0.2) is 20.0 Å². The van der Waals surface area contributed by atoms with Crippen LogP contribution in [0.25, 0.3) is 0 Å². The van der Waals surface area contributed by atoms with Gasteiger partial charge in [-0.25, -0.2) is 9.67 Å². The van der Waals surface area contributed by atoms with E-state index in [1.807, 2.05) is 22.3 Å². The third kappa shape index (κ3) is 3.46. The van der Waals surface area contributed by atoms with Gasteiger partial charge < -0.3 is 5.73 Å². The molecule has 5 nitrogen and oxygen atoms in total. The van der Waals surface area contributed by atoms with Crippen molar-refractivity contribution < 1.29 is 0 Å². The topological polar surface area (TPSA) is 69.6 Å². The second-order valence-corrected chi connectivity index (χ2v) is 5.99. The Hall–Kier alpha value is -2.21. The molecule has 3 aromatic rings. The van der Waals surface area contributed by atoms with Gasteiger partial charge in [-0.15, -0.1) is 16.4 Å². The quantitative estimate of drug-likeness (QED) is 0.786. The third-order valence-corrected chi connectivity index (χ3v) is 4.09. The number of hydrogen-bond donors (Lipinski definition) is 1. The van der Waals surface area contributed by atoms with Crippen molar-refractivity contribution in [1.29, 1.82) is 0 Å². The summed E-state index contributed by atoms with van der Waals surface area (Å²) in [7, 11) is 0. The highest BCUT2D eigenvalue weighted by Crippen LogP contribution is 2.19. The van der Waals surface area contributed by atoms with E-state index in [0.717, 1.165) is 17.8 Å². The van der Waals surface area contributed by atoms with Crippen molar-refractivity contribution in [3.8, 4) is 0 Å². The van der Waals surface area contributed by atoms with E-state index < -0.39 is 0 Å². The molecule has 1 unspecified atom stereocenters. The van der Waals surface area contributed by atoms with Crippen LogP contribution in [0.1, 0.15) is 29.8 Å². The predicted octanol–water partition coefficient (Wildman–Crippen LogP) is 2.71. The minimum atomic E-state index is 0.422. The van der Waals surface area contributed by atoms with Gasteiger partial charge in [0, 0.05) is 11.6 Å². The van der Waals surface area contributed by atoms with E-state index >= 15 is 0 Å². The number of thiazole rings is 1. The van der Waals surface area contributed by atoms with Gasteiger partial charge in [0.05, 0.1) is 17.9 Å². The lowest BCUT2D eigenvalue weighted by atomic mass is 9.97. The second kappa shape index (κ2) is 6.05. The molecule has 3 rings (SSSR count). The summed E-state index contributed by atoms with van der Waals surface area (Å²) in [5.74, 6) is 0.422. The number of rotatable bonds is 5. The Labute approximate surface area is 127 Å². The Bertz CT molecular complexity index is 704. The van der Waals surface area contributed by atoms with Crippen molar-refractivity contribution in [3.05, 3.63) is 58.9 Å². The summed E-state index contributed by atoms with van der Waals surface area (Å²) in [4.78, 5) is 4.23. The predicted molar refractivity (Wildman–Crippen MR) is 84.2 cm³/mol. The standard InChI is InChI=1S/C15H17N5S/c1-11(12-5-3-2-4-6-12)7-13-8-20(19-18-13)9-14-10-21-15(16)17-14/h2-6,8,10-11H,7,9H2,1H3,(H2,16,17). The fraction of sp³-hybridized carbons (Fsp3) is 0.267. The Balaban J connectivity index is 1.65. The molecule has 1 aromatic carbocycles. The van der Waals surface area contributed by atoms with E-state index in [9.17, 15) is 0 Å². The maximum atomic E-state index is 5.63. The van der Waals surface area contributed by atoms with Crippen molar-refractivity contribution >= 4 is 16.5 Å². The van der Waals surface area contributed by atoms with Crippen LogP contribution >= 0.6 is 11.3 Å². The summed E-state index contributed by atoms with van der Waals surface area (Å²) in [5.41, 5.74) is 8.87. The lowest BCUT2D eigenvalue weighted by Gasteiger charge is -2.09. The first kappa shape index (κ1) is 13.8. The Morgan fingerprint density at radius 1 is 1.24 bits per heavy atom. The fourth-order valence-electron chi connectivity index (χ4n) is 2.28. The van der Waals surface area contributed by atoms with E-state index in [4.69, 9.17) is 5.73 Å². The van der Waals surface area contributed by atoms with Crippen LogP contribution in [0.2, 0.25) is 0 Å². The van der Waals surface area contributed by atoms with Gasteiger partial charge >= 0.3 is 0 Å². The molecular formula is C15H17N5S. The molecule has 0 saturated heterocycles. The zero-order valence-electron chi connectivity index (χ0n) is 11.8. The highest BCUT2D eigenvalue weighted by Gasteiger charge is 2.10. The number of nitrogens with two attached hydrogens (primary N) is 1. The normalized spacial score (nSPS) is 12.4. The molecule has 0 aliphatic carbocycles. The highest BCUT2D eigenvalue weighted by atomic mass is 32.1. The molecule has 1 atom stereocenters. The van der Waals surface area contributed by atoms with Crippen molar-refractivity contribution in [2.45, 2.75) is 25.8 Å². The van der Waals surface area contributed by atoms with Gasteiger partial charge in [0.15, 0.2) is 5.13 Å². The molecule has 0 radical (unpaired) electrons. The maximum Gasteiger partial charge on any atom is 0.180 e. The van der Waals surface area contributed by atoms with Crippen LogP contribution in [0.3, 0.4) is 0 Å². The summed E-state index contributed by atoms with van der Waals surface area (Å²) in [5, 5.41) is 10.9. The van der Waals surface area contributed by atoms with Crippen molar-refractivity contribution in [2.75, 3.05) is 5.73 Å². The monoisotopic (exact) mass is 299 g/mol. The molecule has 0 spiro atoms. The van der Waals surface area contributed by atoms with Crippen LogP contribution in [-0.2, 0) is 13.0 Å². The summed E-state index contributed by atoms with van der Waals surface area (Å²) in [6.45, 7) is 2.82. The minimum absolute atomic E-state index is 0.422. The Kier molecular flexibility index (Phi) is 3.96. The van der Waals surface area contributed by atoms with E-state index in [-0.39, 0.29) is 0 Å². The first-order chi connectivity index (χ1) is 10.2. The molecule has 0 fully saturated rings. The SMILES string of the molecule is CC(Cc1cn(Cc2csc(N)n2)nn1)c1ccccc1. The van der Waals surface area contributed by atoms with Crippen LogP contribution in [0.5, 0.6) is 0 Å². The molecule has 0 bridgehead atoms. The van der Waals surface area contributed by atoms with Gasteiger partial charge in [-0.3, -0.25) is 0 Å². The summed E-state index contributed by atoms with van der Waals surface area (Å²) in [6.07, 6.45) is 2.86. The third-order valence-electron chi connectivity index (χ3n) is 3.36. The van der Waals surface area contributed by atoms with Gasteiger partial charge in [0.25, 0.3) is 0 Å². The van der Waals surface area contributed by atoms with Gasteiger partial charge in [-0.1, -0.05) is 42.5 Å². The molecule has 0 amide bonds. The van der Waals surface area contributed by atoms with Gasteiger partial charge in [0.1, 0.15) is 0 Å². The van der Waals surface area contributed by atoms with Crippen molar-refractivity contribution in [1.82, 2.24) is 20.0 Å². The number of hydrogen-bond acceptors (Lipinski definition) is 5. The Morgan fingerprint density at radius 3 is 2.76 bits per heavy atom. The average Bonchev–Trinajstić information content (AvgIpc) is 3.09. The lowest BCUT2D eigenvalue weighted by Crippen LogP contribution is -2.01. The second-order valence-electron chi connectivity index (χ2n) is 5.10.